The summed E-state index contributed by atoms with van der Waals surface area (Å²) in [7, 11) is 3.11. The lowest BCUT2D eigenvalue weighted by atomic mass is 9.74. The van der Waals surface area contributed by atoms with Crippen molar-refractivity contribution in [1.29, 1.82) is 0 Å². The van der Waals surface area contributed by atoms with Gasteiger partial charge in [0.25, 0.3) is 0 Å². The number of hydrogen-bond acceptors (Lipinski definition) is 3. The lowest BCUT2D eigenvalue weighted by Crippen LogP contribution is -2.51. The van der Waals surface area contributed by atoms with Crippen LogP contribution in [0, 0.1) is 5.92 Å². The van der Waals surface area contributed by atoms with E-state index in [1.54, 1.807) is 7.11 Å². The molecule has 3 aliphatic rings. The Hall–Kier alpha value is -1.97. The summed E-state index contributed by atoms with van der Waals surface area (Å²) >= 11 is 0. The van der Waals surface area contributed by atoms with E-state index >= 15 is 0 Å². The van der Waals surface area contributed by atoms with E-state index in [-0.39, 0.29) is 12.1 Å². The fourth-order valence-corrected chi connectivity index (χ4v) is 3.28. The molecule has 0 spiro atoms. The number of methoxy groups -OCH3 is 2. The van der Waals surface area contributed by atoms with Crippen LogP contribution in [-0.2, 0) is 4.74 Å². The second kappa shape index (κ2) is 5.19. The maximum absolute atomic E-state index is 11.9. The van der Waals surface area contributed by atoms with E-state index in [9.17, 15) is 4.79 Å². The first-order valence-corrected chi connectivity index (χ1v) is 6.90. The van der Waals surface area contributed by atoms with Gasteiger partial charge >= 0.3 is 6.09 Å². The fraction of sp³-hybridized carbons (Fsp3) is 0.438. The van der Waals surface area contributed by atoms with Crippen LogP contribution < -0.4 is 4.74 Å². The molecule has 0 radical (unpaired) electrons. The number of nitrogens with zero attached hydrogens (tertiary/aromatic N) is 1. The van der Waals surface area contributed by atoms with E-state index in [4.69, 9.17) is 9.47 Å². The number of amides is 1. The molecule has 4 heteroatoms. The molecule has 1 amide bonds. The maximum Gasteiger partial charge on any atom is 0.410 e. The van der Waals surface area contributed by atoms with Gasteiger partial charge in [-0.15, -0.1) is 0 Å². The molecule has 3 atom stereocenters. The van der Waals surface area contributed by atoms with Crippen LogP contribution in [0.3, 0.4) is 0 Å². The Morgan fingerprint density at radius 3 is 2.55 bits per heavy atom. The largest absolute Gasteiger partial charge is 0.497 e. The van der Waals surface area contributed by atoms with Crippen molar-refractivity contribution in [3.05, 3.63) is 42.0 Å². The quantitative estimate of drug-likeness (QED) is 0.778. The molecule has 0 unspecified atom stereocenters. The lowest BCUT2D eigenvalue weighted by Gasteiger charge is -2.45. The Labute approximate surface area is 119 Å². The standard InChI is InChI=1S/C16H19NO3/c1-19-13-6-4-12(5-7-13)14-9-11-3-8-15(14)17(10-11)16(18)20-2/h3-8,11,14-15H,9-10H2,1-2H3/t11-,14-,15+/m1/s1. The van der Waals surface area contributed by atoms with Gasteiger partial charge in [0.1, 0.15) is 5.75 Å². The molecule has 2 heterocycles. The van der Waals surface area contributed by atoms with Crippen molar-refractivity contribution in [2.75, 3.05) is 20.8 Å². The van der Waals surface area contributed by atoms with Gasteiger partial charge in [0.15, 0.2) is 0 Å². The molecule has 0 saturated carbocycles. The van der Waals surface area contributed by atoms with Gasteiger partial charge in [-0.05, 0) is 30.0 Å². The van der Waals surface area contributed by atoms with Gasteiger partial charge in [-0.25, -0.2) is 4.79 Å². The average Bonchev–Trinajstić information content (AvgIpc) is 2.54. The summed E-state index contributed by atoms with van der Waals surface area (Å²) < 4.78 is 10.1. The van der Waals surface area contributed by atoms with Gasteiger partial charge in [-0.1, -0.05) is 24.3 Å². The van der Waals surface area contributed by atoms with Crippen LogP contribution in [-0.4, -0.2) is 37.8 Å². The van der Waals surface area contributed by atoms with Crippen LogP contribution in [0.1, 0.15) is 17.9 Å². The zero-order chi connectivity index (χ0) is 14.1. The van der Waals surface area contributed by atoms with Gasteiger partial charge < -0.3 is 14.4 Å². The molecule has 0 N–H and O–H groups in total. The maximum atomic E-state index is 11.9. The van der Waals surface area contributed by atoms with Crippen molar-refractivity contribution in [2.24, 2.45) is 5.92 Å². The van der Waals surface area contributed by atoms with Crippen molar-refractivity contribution in [3.8, 4) is 5.75 Å². The minimum atomic E-state index is -0.234. The van der Waals surface area contributed by atoms with E-state index in [1.807, 2.05) is 17.0 Å². The Morgan fingerprint density at radius 2 is 1.95 bits per heavy atom. The molecule has 0 aromatic heterocycles. The van der Waals surface area contributed by atoms with Gasteiger partial charge in [0.05, 0.1) is 20.3 Å². The molecule has 1 saturated heterocycles. The van der Waals surface area contributed by atoms with Gasteiger partial charge in [0.2, 0.25) is 0 Å². The van der Waals surface area contributed by atoms with Crippen molar-refractivity contribution in [1.82, 2.24) is 4.90 Å². The molecule has 106 valence electrons. The number of carbonyl (C=O) groups excluding carboxylic acids is 1. The first kappa shape index (κ1) is 13.0. The molecular formula is C16H19NO3. The molecule has 20 heavy (non-hydrogen) atoms. The third-order valence-corrected chi connectivity index (χ3v) is 4.29. The van der Waals surface area contributed by atoms with Gasteiger partial charge in [-0.3, -0.25) is 0 Å². The average molecular weight is 273 g/mol. The highest BCUT2D eigenvalue weighted by atomic mass is 16.5. The normalized spacial score (nSPS) is 27.5. The Morgan fingerprint density at radius 1 is 1.20 bits per heavy atom. The number of hydrogen-bond donors (Lipinski definition) is 0. The monoisotopic (exact) mass is 273 g/mol. The topological polar surface area (TPSA) is 38.8 Å². The highest BCUT2D eigenvalue weighted by Crippen LogP contribution is 2.41. The molecular weight excluding hydrogens is 254 g/mol. The molecule has 4 rings (SSSR count). The Kier molecular flexibility index (Phi) is 3.38. The second-order valence-electron chi connectivity index (χ2n) is 5.37. The highest BCUT2D eigenvalue weighted by Gasteiger charge is 2.40. The summed E-state index contributed by atoms with van der Waals surface area (Å²) in [4.78, 5) is 13.7. The van der Waals surface area contributed by atoms with Crippen molar-refractivity contribution < 1.29 is 14.3 Å². The second-order valence-corrected chi connectivity index (χ2v) is 5.37. The number of benzene rings is 1. The fourth-order valence-electron chi connectivity index (χ4n) is 3.28. The number of piperidine rings is 1. The van der Waals surface area contributed by atoms with Crippen molar-refractivity contribution in [3.63, 3.8) is 0 Å². The Bertz CT molecular complexity index is 523. The third-order valence-electron chi connectivity index (χ3n) is 4.29. The highest BCUT2D eigenvalue weighted by molar-refractivity contribution is 5.69. The smallest absolute Gasteiger partial charge is 0.410 e. The number of ether oxygens (including phenoxy) is 2. The van der Waals surface area contributed by atoms with E-state index in [0.717, 1.165) is 18.7 Å². The van der Waals surface area contributed by atoms with Crippen LogP contribution in [0.15, 0.2) is 36.4 Å². The summed E-state index contributed by atoms with van der Waals surface area (Å²) in [6.45, 7) is 0.764. The number of fused-ring (bicyclic) bond motifs is 2. The van der Waals surface area contributed by atoms with Crippen LogP contribution >= 0.6 is 0 Å². The lowest BCUT2D eigenvalue weighted by molar-refractivity contribution is 0.0773. The molecule has 2 bridgehead atoms. The molecule has 1 aromatic carbocycles. The predicted octanol–water partition coefficient (Wildman–Crippen LogP) is 2.81. The summed E-state index contributed by atoms with van der Waals surface area (Å²) in [5.74, 6) is 1.62. The van der Waals surface area contributed by atoms with E-state index in [2.05, 4.69) is 24.3 Å². The van der Waals surface area contributed by atoms with Crippen LogP contribution in [0.2, 0.25) is 0 Å². The van der Waals surface area contributed by atoms with Crippen molar-refractivity contribution >= 4 is 6.09 Å². The molecule has 2 aliphatic heterocycles. The summed E-state index contributed by atoms with van der Waals surface area (Å²) in [5.41, 5.74) is 1.25. The van der Waals surface area contributed by atoms with Crippen LogP contribution in [0.4, 0.5) is 4.79 Å². The van der Waals surface area contributed by atoms with Gasteiger partial charge in [-0.2, -0.15) is 0 Å². The van der Waals surface area contributed by atoms with Crippen LogP contribution in [0.25, 0.3) is 0 Å². The zero-order valence-electron chi connectivity index (χ0n) is 11.8. The van der Waals surface area contributed by atoms with E-state index in [1.165, 1.54) is 12.7 Å². The first-order valence-electron chi connectivity index (χ1n) is 6.90. The first-order chi connectivity index (χ1) is 9.72. The van der Waals surface area contributed by atoms with Crippen LogP contribution in [0.5, 0.6) is 5.75 Å². The summed E-state index contributed by atoms with van der Waals surface area (Å²) in [6, 6.07) is 8.23. The van der Waals surface area contributed by atoms with E-state index in [0.29, 0.717) is 11.8 Å². The predicted molar refractivity (Wildman–Crippen MR) is 75.9 cm³/mol. The van der Waals surface area contributed by atoms with E-state index < -0.39 is 0 Å². The number of rotatable bonds is 2. The molecule has 1 aromatic rings. The molecule has 4 nitrogen and oxygen atoms in total. The summed E-state index contributed by atoms with van der Waals surface area (Å²) in [6.07, 6.45) is 5.22. The SMILES string of the molecule is COC(=O)N1C[C@@H]2C=C[C@H]1[C@@H](c1ccc(OC)cc1)C2. The zero-order valence-corrected chi connectivity index (χ0v) is 11.8. The van der Waals surface area contributed by atoms with Crippen molar-refractivity contribution in [2.45, 2.75) is 18.4 Å². The summed E-state index contributed by atoms with van der Waals surface area (Å²) in [5, 5.41) is 0. The molecule has 1 aliphatic carbocycles. The molecule has 1 fully saturated rings. The minimum absolute atomic E-state index is 0.0980. The third kappa shape index (κ3) is 2.15. The number of carbonyl (C=O) groups is 1. The van der Waals surface area contributed by atoms with Gasteiger partial charge in [0, 0.05) is 12.5 Å². The Balaban J connectivity index is 1.86. The minimum Gasteiger partial charge on any atom is -0.497 e.